The van der Waals surface area contributed by atoms with Gasteiger partial charge in [0.1, 0.15) is 0 Å². The lowest BCUT2D eigenvalue weighted by molar-refractivity contribution is 0.466. The van der Waals surface area contributed by atoms with E-state index in [9.17, 15) is 0 Å². The second-order valence-corrected chi connectivity index (χ2v) is 6.83. The van der Waals surface area contributed by atoms with Crippen LogP contribution < -0.4 is 5.32 Å². The van der Waals surface area contributed by atoms with Crippen LogP contribution in [0.1, 0.15) is 79.9 Å². The first-order valence-corrected chi connectivity index (χ1v) is 8.66. The van der Waals surface area contributed by atoms with Gasteiger partial charge in [0.15, 0.2) is 0 Å². The maximum atomic E-state index is 3.52. The number of nitrogens with one attached hydrogen (secondary N) is 1. The maximum Gasteiger partial charge on any atom is -0.00487 e. The van der Waals surface area contributed by atoms with E-state index in [0.29, 0.717) is 0 Å². The van der Waals surface area contributed by atoms with Gasteiger partial charge < -0.3 is 5.32 Å². The van der Waals surface area contributed by atoms with Crippen molar-refractivity contribution in [3.05, 3.63) is 34.9 Å². The number of hydrogen-bond donors (Lipinski definition) is 1. The predicted octanol–water partition coefficient (Wildman–Crippen LogP) is 4.90. The molecule has 0 spiro atoms. The van der Waals surface area contributed by atoms with Crippen LogP contribution in [0.25, 0.3) is 0 Å². The fourth-order valence-corrected chi connectivity index (χ4v) is 4.14. The third-order valence-electron chi connectivity index (χ3n) is 5.38. The van der Waals surface area contributed by atoms with Gasteiger partial charge in [0.05, 0.1) is 0 Å². The van der Waals surface area contributed by atoms with Crippen LogP contribution in [0.4, 0.5) is 0 Å². The van der Waals surface area contributed by atoms with Crippen molar-refractivity contribution in [1.29, 1.82) is 0 Å². The molecule has 3 rings (SSSR count). The molecule has 20 heavy (non-hydrogen) atoms. The number of hydrogen-bond acceptors (Lipinski definition) is 1. The minimum atomic E-state index is 0.804. The highest BCUT2D eigenvalue weighted by Crippen LogP contribution is 2.38. The van der Waals surface area contributed by atoms with Gasteiger partial charge >= 0.3 is 0 Å². The van der Waals surface area contributed by atoms with Crippen molar-refractivity contribution in [2.24, 2.45) is 0 Å². The van der Waals surface area contributed by atoms with Crippen LogP contribution in [0.2, 0.25) is 0 Å². The lowest BCUT2D eigenvalue weighted by Gasteiger charge is -2.23. The fraction of sp³-hybridized carbons (Fsp3) is 0.684. The summed E-state index contributed by atoms with van der Waals surface area (Å²) in [5, 5.41) is 3.52. The molecule has 0 atom stereocenters. The van der Waals surface area contributed by atoms with E-state index in [1.54, 1.807) is 11.1 Å². The molecule has 1 aromatic rings. The van der Waals surface area contributed by atoms with Crippen LogP contribution in [0.15, 0.2) is 18.2 Å². The molecular weight excluding hydrogens is 242 g/mol. The Morgan fingerprint density at radius 1 is 0.850 bits per heavy atom. The Bertz CT molecular complexity index is 423. The Morgan fingerprint density at radius 3 is 2.20 bits per heavy atom. The first kappa shape index (κ1) is 14.1. The Kier molecular flexibility index (Phi) is 4.77. The number of aryl methyl sites for hydroxylation is 1. The second kappa shape index (κ2) is 6.76. The van der Waals surface area contributed by atoms with Crippen molar-refractivity contribution < 1.29 is 0 Å². The summed E-state index contributed by atoms with van der Waals surface area (Å²) in [7, 11) is 0. The molecule has 110 valence electrons. The topological polar surface area (TPSA) is 12.0 Å². The largest absolute Gasteiger partial charge is 0.317 e. The Morgan fingerprint density at radius 2 is 1.50 bits per heavy atom. The highest BCUT2D eigenvalue weighted by molar-refractivity contribution is 5.36. The number of benzene rings is 1. The first-order chi connectivity index (χ1) is 9.84. The van der Waals surface area contributed by atoms with Crippen molar-refractivity contribution in [2.45, 2.75) is 70.1 Å². The molecule has 0 amide bonds. The average Bonchev–Trinajstić information content (AvgIpc) is 2.93. The smallest absolute Gasteiger partial charge is 0.00487 e. The van der Waals surface area contributed by atoms with E-state index in [2.05, 4.69) is 30.4 Å². The van der Waals surface area contributed by atoms with Gasteiger partial charge in [0.25, 0.3) is 0 Å². The van der Waals surface area contributed by atoms with Crippen LogP contribution in [0, 0.1) is 6.92 Å². The fourth-order valence-electron chi connectivity index (χ4n) is 4.14. The third-order valence-corrected chi connectivity index (χ3v) is 5.38. The molecule has 1 heterocycles. The zero-order valence-electron chi connectivity index (χ0n) is 13.0. The van der Waals surface area contributed by atoms with E-state index < -0.39 is 0 Å². The minimum absolute atomic E-state index is 0.804. The van der Waals surface area contributed by atoms with E-state index in [0.717, 1.165) is 11.8 Å². The van der Waals surface area contributed by atoms with E-state index in [1.165, 1.54) is 70.0 Å². The molecule has 1 aliphatic heterocycles. The quantitative estimate of drug-likeness (QED) is 0.806. The summed E-state index contributed by atoms with van der Waals surface area (Å²) in [6.45, 7) is 4.72. The first-order valence-electron chi connectivity index (χ1n) is 8.66. The van der Waals surface area contributed by atoms with E-state index in [-0.39, 0.29) is 0 Å². The molecule has 1 heteroatoms. The lowest BCUT2D eigenvalue weighted by Crippen LogP contribution is -2.21. The molecule has 1 N–H and O–H groups in total. The van der Waals surface area contributed by atoms with Crippen LogP contribution in [-0.4, -0.2) is 13.1 Å². The van der Waals surface area contributed by atoms with Gasteiger partial charge in [-0.05, 0) is 87.1 Å². The zero-order chi connectivity index (χ0) is 13.8. The molecule has 1 saturated carbocycles. The third kappa shape index (κ3) is 3.25. The molecule has 2 fully saturated rings. The van der Waals surface area contributed by atoms with Gasteiger partial charge in [-0.15, -0.1) is 0 Å². The molecule has 0 unspecified atom stereocenters. The molecular formula is C19H29N. The predicted molar refractivity (Wildman–Crippen MR) is 86.5 cm³/mol. The summed E-state index contributed by atoms with van der Waals surface area (Å²) in [6, 6.07) is 7.37. The summed E-state index contributed by atoms with van der Waals surface area (Å²) < 4.78 is 0. The molecule has 1 aromatic carbocycles. The van der Waals surface area contributed by atoms with Gasteiger partial charge in [0, 0.05) is 0 Å². The van der Waals surface area contributed by atoms with Crippen molar-refractivity contribution in [3.63, 3.8) is 0 Å². The highest BCUT2D eigenvalue weighted by Gasteiger charge is 2.21. The summed E-state index contributed by atoms with van der Waals surface area (Å²) in [5.41, 5.74) is 4.81. The molecule has 1 aliphatic carbocycles. The SMILES string of the molecule is Cc1ccc(C2CCCNCCC2)cc1C1CCCC1. The Balaban J connectivity index is 1.79. The number of rotatable bonds is 2. The highest BCUT2D eigenvalue weighted by atomic mass is 14.8. The average molecular weight is 271 g/mol. The lowest BCUT2D eigenvalue weighted by atomic mass is 9.84. The van der Waals surface area contributed by atoms with Crippen molar-refractivity contribution in [2.75, 3.05) is 13.1 Å². The van der Waals surface area contributed by atoms with E-state index in [4.69, 9.17) is 0 Å². The van der Waals surface area contributed by atoms with Crippen LogP contribution in [0.5, 0.6) is 0 Å². The standard InChI is InChI=1S/C19H29N/c1-15-10-11-18(14-19(15)17-6-2-3-7-17)16-8-4-12-20-13-5-9-16/h10-11,14,16-17,20H,2-9,12-13H2,1H3. The van der Waals surface area contributed by atoms with Crippen molar-refractivity contribution in [3.8, 4) is 0 Å². The molecule has 2 aliphatic rings. The zero-order valence-corrected chi connectivity index (χ0v) is 13.0. The summed E-state index contributed by atoms with van der Waals surface area (Å²) in [6.07, 6.45) is 11.1. The van der Waals surface area contributed by atoms with Gasteiger partial charge in [-0.25, -0.2) is 0 Å². The minimum Gasteiger partial charge on any atom is -0.317 e. The van der Waals surface area contributed by atoms with Gasteiger partial charge in [-0.2, -0.15) is 0 Å². The van der Waals surface area contributed by atoms with Crippen LogP contribution >= 0.6 is 0 Å². The van der Waals surface area contributed by atoms with Gasteiger partial charge in [0.2, 0.25) is 0 Å². The molecule has 1 saturated heterocycles. The maximum absolute atomic E-state index is 3.52. The van der Waals surface area contributed by atoms with Gasteiger partial charge in [-0.1, -0.05) is 31.0 Å². The molecule has 0 bridgehead atoms. The molecule has 1 nitrogen and oxygen atoms in total. The molecule has 0 aromatic heterocycles. The van der Waals surface area contributed by atoms with Crippen molar-refractivity contribution >= 4 is 0 Å². The summed E-state index contributed by atoms with van der Waals surface area (Å²) in [4.78, 5) is 0. The van der Waals surface area contributed by atoms with Crippen LogP contribution in [0.3, 0.4) is 0 Å². The second-order valence-electron chi connectivity index (χ2n) is 6.83. The van der Waals surface area contributed by atoms with E-state index >= 15 is 0 Å². The summed E-state index contributed by atoms with van der Waals surface area (Å²) >= 11 is 0. The van der Waals surface area contributed by atoms with Crippen molar-refractivity contribution in [1.82, 2.24) is 5.32 Å². The van der Waals surface area contributed by atoms with Crippen LogP contribution in [-0.2, 0) is 0 Å². The monoisotopic (exact) mass is 271 g/mol. The van der Waals surface area contributed by atoms with E-state index in [1.807, 2.05) is 0 Å². The Labute approximate surface area is 124 Å². The molecule has 0 radical (unpaired) electrons. The van der Waals surface area contributed by atoms with Gasteiger partial charge in [-0.3, -0.25) is 0 Å². The normalized spacial score (nSPS) is 22.6. The summed E-state index contributed by atoms with van der Waals surface area (Å²) in [5.74, 6) is 1.66. The Hall–Kier alpha value is -0.820.